The van der Waals surface area contributed by atoms with E-state index in [0.29, 0.717) is 29.5 Å². The van der Waals surface area contributed by atoms with Crippen molar-refractivity contribution in [2.24, 2.45) is 7.05 Å². The molecule has 35 heavy (non-hydrogen) atoms. The summed E-state index contributed by atoms with van der Waals surface area (Å²) in [5, 5.41) is 15.5. The van der Waals surface area contributed by atoms with E-state index in [1.54, 1.807) is 0 Å². The molecule has 0 unspecified atom stereocenters. The molecule has 2 aliphatic rings. The van der Waals surface area contributed by atoms with Crippen LogP contribution in [0.4, 0.5) is 29.1 Å². The lowest BCUT2D eigenvalue weighted by Crippen LogP contribution is -2.49. The van der Waals surface area contributed by atoms with E-state index in [0.717, 1.165) is 53.1 Å². The van der Waals surface area contributed by atoms with E-state index in [2.05, 4.69) is 42.8 Å². The van der Waals surface area contributed by atoms with Crippen molar-refractivity contribution in [1.82, 2.24) is 30.0 Å². The molecule has 3 aromatic heterocycles. The number of aryl methyl sites for hydroxylation is 3. The topological polar surface area (TPSA) is 95.8 Å². The van der Waals surface area contributed by atoms with Gasteiger partial charge in [-0.05, 0) is 51.2 Å². The maximum absolute atomic E-state index is 6.50. The van der Waals surface area contributed by atoms with E-state index < -0.39 is 0 Å². The Kier molecular flexibility index (Phi) is 8.69. The Morgan fingerprint density at radius 1 is 1.09 bits per heavy atom. The molecule has 0 aromatic carbocycles. The fraction of sp³-hybridized carbons (Fsp3) is 0.478. The average Bonchev–Trinajstić information content (AvgIpc) is 3.56. The van der Waals surface area contributed by atoms with E-state index in [1.807, 2.05) is 43.9 Å². The Morgan fingerprint density at radius 3 is 2.51 bits per heavy atom. The molecule has 0 spiro atoms. The minimum absolute atomic E-state index is 0. The minimum Gasteiger partial charge on any atom is -0.364 e. The largest absolute Gasteiger partial charge is 0.364 e. The molecule has 3 N–H and O–H groups in total. The third-order valence-corrected chi connectivity index (χ3v) is 6.74. The third kappa shape index (κ3) is 6.09. The van der Waals surface area contributed by atoms with Gasteiger partial charge in [0.05, 0.1) is 22.6 Å². The number of piperazine rings is 1. The summed E-state index contributed by atoms with van der Waals surface area (Å²) >= 11 is 6.50. The van der Waals surface area contributed by atoms with E-state index in [9.17, 15) is 0 Å². The van der Waals surface area contributed by atoms with Gasteiger partial charge in [-0.3, -0.25) is 4.68 Å². The van der Waals surface area contributed by atoms with Crippen molar-refractivity contribution in [3.05, 3.63) is 40.3 Å². The average molecular weight is 541 g/mol. The number of aromatic nitrogens is 5. The molecule has 0 radical (unpaired) electrons. The molecule has 5 rings (SSSR count). The summed E-state index contributed by atoms with van der Waals surface area (Å²) in [6.07, 6.45) is 4.22. The van der Waals surface area contributed by atoms with Crippen molar-refractivity contribution in [1.29, 1.82) is 0 Å². The van der Waals surface area contributed by atoms with Gasteiger partial charge in [0.15, 0.2) is 11.6 Å². The van der Waals surface area contributed by atoms with Crippen LogP contribution in [-0.2, 0) is 7.05 Å². The first-order valence-corrected chi connectivity index (χ1v) is 11.8. The molecule has 0 bridgehead atoms. The predicted molar refractivity (Wildman–Crippen MR) is 147 cm³/mol. The van der Waals surface area contributed by atoms with Gasteiger partial charge in [0.2, 0.25) is 5.95 Å². The molecule has 0 amide bonds. The van der Waals surface area contributed by atoms with E-state index in [4.69, 9.17) is 16.6 Å². The van der Waals surface area contributed by atoms with E-state index in [1.165, 1.54) is 12.8 Å². The zero-order valence-electron chi connectivity index (χ0n) is 20.3. The standard InChI is InChI=1S/C23H30ClN9.2ClH/c1-13-12-33(8-7-25-13)18-11-26-23(30-22(18)28-20-9-14(2)32(4)31-20)29-19-10-17(16-5-6-16)21(24)15(3)27-19;;/h9-11,13,16,25H,5-8,12H2,1-4H3,(H2,26,27,28,29,30,31);2*1H/t13-;;/m1../s1. The van der Waals surface area contributed by atoms with Gasteiger partial charge in [-0.2, -0.15) is 10.1 Å². The number of nitrogens with zero attached hydrogens (tertiary/aromatic N) is 6. The number of nitrogens with one attached hydrogen (secondary N) is 3. The van der Waals surface area contributed by atoms with Crippen LogP contribution < -0.4 is 20.9 Å². The van der Waals surface area contributed by atoms with Crippen LogP contribution in [0.25, 0.3) is 0 Å². The molecular weight excluding hydrogens is 509 g/mol. The SMILES string of the molecule is Cc1nc(Nc2ncc(N3CCN[C@H](C)C3)c(Nc3cc(C)n(C)n3)n2)cc(C2CC2)c1Cl.Cl.Cl. The first-order chi connectivity index (χ1) is 15.9. The molecule has 190 valence electrons. The number of hydrogen-bond donors (Lipinski definition) is 3. The van der Waals surface area contributed by atoms with Crippen LogP contribution in [0.2, 0.25) is 5.02 Å². The van der Waals surface area contributed by atoms with Gasteiger partial charge >= 0.3 is 0 Å². The lowest BCUT2D eigenvalue weighted by Gasteiger charge is -2.34. The highest BCUT2D eigenvalue weighted by atomic mass is 35.5. The second kappa shape index (κ2) is 11.2. The van der Waals surface area contributed by atoms with Gasteiger partial charge < -0.3 is 20.9 Å². The van der Waals surface area contributed by atoms with Crippen molar-refractivity contribution >= 4 is 65.5 Å². The van der Waals surface area contributed by atoms with Crippen LogP contribution >= 0.6 is 36.4 Å². The fourth-order valence-corrected chi connectivity index (χ4v) is 4.46. The Balaban J connectivity index is 0.00000171. The maximum atomic E-state index is 6.50. The summed E-state index contributed by atoms with van der Waals surface area (Å²) in [4.78, 5) is 16.4. The summed E-state index contributed by atoms with van der Waals surface area (Å²) in [5.74, 6) is 3.19. The number of anilines is 5. The van der Waals surface area contributed by atoms with E-state index in [-0.39, 0.29) is 24.8 Å². The van der Waals surface area contributed by atoms with Crippen LogP contribution in [0, 0.1) is 13.8 Å². The highest BCUT2D eigenvalue weighted by Crippen LogP contribution is 2.44. The maximum Gasteiger partial charge on any atom is 0.230 e. The van der Waals surface area contributed by atoms with Gasteiger partial charge in [0, 0.05) is 44.5 Å². The van der Waals surface area contributed by atoms with Gasteiger partial charge in [-0.25, -0.2) is 9.97 Å². The third-order valence-electron chi connectivity index (χ3n) is 6.25. The van der Waals surface area contributed by atoms with Gasteiger partial charge in [-0.15, -0.1) is 24.8 Å². The van der Waals surface area contributed by atoms with Gasteiger partial charge in [0.25, 0.3) is 0 Å². The molecule has 1 saturated heterocycles. The Morgan fingerprint density at radius 2 is 1.86 bits per heavy atom. The van der Waals surface area contributed by atoms with Crippen molar-refractivity contribution in [2.45, 2.75) is 45.6 Å². The molecule has 4 heterocycles. The molecular formula is C23H32Cl3N9. The number of hydrogen-bond acceptors (Lipinski definition) is 8. The number of halogens is 3. The molecule has 12 heteroatoms. The van der Waals surface area contributed by atoms with Crippen molar-refractivity contribution < 1.29 is 0 Å². The Bertz CT molecular complexity index is 1160. The minimum atomic E-state index is 0. The highest BCUT2D eigenvalue weighted by Gasteiger charge is 2.27. The predicted octanol–water partition coefficient (Wildman–Crippen LogP) is 4.88. The zero-order chi connectivity index (χ0) is 23.1. The first-order valence-electron chi connectivity index (χ1n) is 11.4. The summed E-state index contributed by atoms with van der Waals surface area (Å²) in [6.45, 7) is 8.83. The smallest absolute Gasteiger partial charge is 0.230 e. The monoisotopic (exact) mass is 539 g/mol. The molecule has 1 saturated carbocycles. The van der Waals surface area contributed by atoms with Crippen molar-refractivity contribution in [3.8, 4) is 0 Å². The molecule has 3 aromatic rings. The molecule has 1 atom stereocenters. The number of pyridine rings is 1. The van der Waals surface area contributed by atoms with Crippen LogP contribution in [0.5, 0.6) is 0 Å². The first kappa shape index (κ1) is 27.3. The normalized spacial score (nSPS) is 17.4. The summed E-state index contributed by atoms with van der Waals surface area (Å²) in [7, 11) is 1.93. The van der Waals surface area contributed by atoms with Crippen LogP contribution in [0.1, 0.15) is 42.6 Å². The van der Waals surface area contributed by atoms with Crippen LogP contribution in [0.15, 0.2) is 18.3 Å². The summed E-state index contributed by atoms with van der Waals surface area (Å²) < 4.78 is 1.84. The van der Waals surface area contributed by atoms with Gasteiger partial charge in [-0.1, -0.05) is 11.6 Å². The molecule has 9 nitrogen and oxygen atoms in total. The zero-order valence-corrected chi connectivity index (χ0v) is 22.7. The fourth-order valence-electron chi connectivity index (χ4n) is 4.20. The molecule has 1 aliphatic carbocycles. The van der Waals surface area contributed by atoms with Gasteiger partial charge in [0.1, 0.15) is 5.82 Å². The molecule has 2 fully saturated rings. The lowest BCUT2D eigenvalue weighted by molar-refractivity contribution is 0.484. The van der Waals surface area contributed by atoms with Crippen LogP contribution in [0.3, 0.4) is 0 Å². The second-order valence-electron chi connectivity index (χ2n) is 9.04. The van der Waals surface area contributed by atoms with Crippen LogP contribution in [-0.4, -0.2) is 50.4 Å². The lowest BCUT2D eigenvalue weighted by atomic mass is 10.1. The van der Waals surface area contributed by atoms with Crippen molar-refractivity contribution in [2.75, 3.05) is 35.2 Å². The quantitative estimate of drug-likeness (QED) is 0.407. The van der Waals surface area contributed by atoms with E-state index >= 15 is 0 Å². The summed E-state index contributed by atoms with van der Waals surface area (Å²) in [6, 6.07) is 4.42. The Labute approximate surface area is 223 Å². The summed E-state index contributed by atoms with van der Waals surface area (Å²) in [5.41, 5.74) is 3.99. The molecule has 1 aliphatic heterocycles. The Hall–Kier alpha value is -2.33. The number of rotatable bonds is 6. The van der Waals surface area contributed by atoms with Crippen molar-refractivity contribution in [3.63, 3.8) is 0 Å². The second-order valence-corrected chi connectivity index (χ2v) is 9.42. The highest BCUT2D eigenvalue weighted by molar-refractivity contribution is 6.32.